The molecular formula is C9H15FNNaO3. The van der Waals surface area contributed by atoms with E-state index in [4.69, 9.17) is 0 Å². The number of likely N-dealkylation sites (N-methyl/N-ethyl adjacent to an activating group) is 1. The Balaban J connectivity index is 0. The molecule has 1 unspecified atom stereocenters. The van der Waals surface area contributed by atoms with Crippen molar-refractivity contribution < 1.29 is 48.6 Å². The molecule has 0 saturated heterocycles. The maximum absolute atomic E-state index is 12.9. The van der Waals surface area contributed by atoms with E-state index in [-0.39, 0.29) is 36.0 Å². The number of rotatable bonds is 6. The number of nitrogens with zero attached hydrogens (tertiary/aromatic N) is 1. The molecule has 0 N–H and O–H groups in total. The van der Waals surface area contributed by atoms with Gasteiger partial charge in [0.05, 0.1) is 18.9 Å². The van der Waals surface area contributed by atoms with Gasteiger partial charge < -0.3 is 14.8 Å². The molecule has 4 nitrogen and oxygen atoms in total. The van der Waals surface area contributed by atoms with E-state index in [9.17, 15) is 19.1 Å². The standard InChI is InChI=1S/C9H16FNO3.Na/c1-3-4-7(10)5-8(12)11(2)6-9(13)14;/h7H,3-6H2,1-2H3,(H,13,14);/q;+1/p-1. The summed E-state index contributed by atoms with van der Waals surface area (Å²) in [4.78, 5) is 22.2. The molecule has 0 saturated carbocycles. The summed E-state index contributed by atoms with van der Waals surface area (Å²) in [7, 11) is 1.32. The van der Waals surface area contributed by atoms with Gasteiger partial charge in [-0.1, -0.05) is 13.3 Å². The summed E-state index contributed by atoms with van der Waals surface area (Å²) in [6, 6.07) is 0. The Labute approximate surface area is 111 Å². The van der Waals surface area contributed by atoms with Gasteiger partial charge >= 0.3 is 29.6 Å². The molecular weight excluding hydrogens is 212 g/mol. The second kappa shape index (κ2) is 9.12. The molecule has 0 spiro atoms. The van der Waals surface area contributed by atoms with Crippen molar-refractivity contribution in [1.29, 1.82) is 0 Å². The molecule has 0 aromatic rings. The summed E-state index contributed by atoms with van der Waals surface area (Å²) in [6.07, 6.45) is -0.446. The summed E-state index contributed by atoms with van der Waals surface area (Å²) >= 11 is 0. The number of carbonyl (C=O) groups is 2. The van der Waals surface area contributed by atoms with E-state index >= 15 is 0 Å². The van der Waals surface area contributed by atoms with Crippen molar-refractivity contribution in [3.8, 4) is 0 Å². The fraction of sp³-hybridized carbons (Fsp3) is 0.778. The third kappa shape index (κ3) is 8.84. The van der Waals surface area contributed by atoms with Crippen LogP contribution < -0.4 is 34.7 Å². The van der Waals surface area contributed by atoms with Gasteiger partial charge in [0.15, 0.2) is 0 Å². The van der Waals surface area contributed by atoms with Gasteiger partial charge in [-0.3, -0.25) is 4.79 Å². The van der Waals surface area contributed by atoms with Gasteiger partial charge in [-0.05, 0) is 6.42 Å². The van der Waals surface area contributed by atoms with Crippen LogP contribution in [-0.2, 0) is 9.59 Å². The van der Waals surface area contributed by atoms with Crippen LogP contribution in [0.2, 0.25) is 0 Å². The van der Waals surface area contributed by atoms with Crippen molar-refractivity contribution >= 4 is 11.9 Å². The molecule has 0 aliphatic heterocycles. The molecule has 0 radical (unpaired) electrons. The van der Waals surface area contributed by atoms with Crippen molar-refractivity contribution in [2.45, 2.75) is 32.4 Å². The van der Waals surface area contributed by atoms with E-state index in [2.05, 4.69) is 0 Å². The maximum atomic E-state index is 12.9. The first-order chi connectivity index (χ1) is 6.47. The number of carboxylic acid groups (broad SMARTS) is 1. The van der Waals surface area contributed by atoms with Gasteiger partial charge in [-0.15, -0.1) is 0 Å². The second-order valence-electron chi connectivity index (χ2n) is 3.21. The summed E-state index contributed by atoms with van der Waals surface area (Å²) in [5.41, 5.74) is 0. The second-order valence-corrected chi connectivity index (χ2v) is 3.21. The van der Waals surface area contributed by atoms with Crippen molar-refractivity contribution in [3.05, 3.63) is 0 Å². The fourth-order valence-corrected chi connectivity index (χ4v) is 1.04. The van der Waals surface area contributed by atoms with E-state index in [1.165, 1.54) is 7.05 Å². The van der Waals surface area contributed by atoms with Crippen LogP contribution in [0.4, 0.5) is 4.39 Å². The zero-order chi connectivity index (χ0) is 11.1. The predicted molar refractivity (Wildman–Crippen MR) is 47.1 cm³/mol. The van der Waals surface area contributed by atoms with Crippen LogP contribution in [0.1, 0.15) is 26.2 Å². The minimum Gasteiger partial charge on any atom is -0.548 e. The number of carbonyl (C=O) groups excluding carboxylic acids is 2. The van der Waals surface area contributed by atoms with Gasteiger partial charge in [0, 0.05) is 7.05 Å². The Morgan fingerprint density at radius 1 is 1.47 bits per heavy atom. The Bertz CT molecular complexity index is 214. The Hall–Kier alpha value is -0.130. The van der Waals surface area contributed by atoms with Crippen LogP contribution in [0.5, 0.6) is 0 Å². The summed E-state index contributed by atoms with van der Waals surface area (Å²) in [6.45, 7) is 1.33. The molecule has 15 heavy (non-hydrogen) atoms. The van der Waals surface area contributed by atoms with Crippen LogP contribution >= 0.6 is 0 Å². The normalized spacial score (nSPS) is 11.4. The third-order valence-electron chi connectivity index (χ3n) is 1.79. The molecule has 0 aliphatic carbocycles. The van der Waals surface area contributed by atoms with Gasteiger partial charge in [0.2, 0.25) is 5.91 Å². The number of alkyl halides is 1. The van der Waals surface area contributed by atoms with Crippen molar-refractivity contribution in [1.82, 2.24) is 4.90 Å². The van der Waals surface area contributed by atoms with E-state index in [0.29, 0.717) is 12.8 Å². The molecule has 0 fully saturated rings. The number of aliphatic carboxylic acids is 1. The van der Waals surface area contributed by atoms with Crippen molar-refractivity contribution in [3.63, 3.8) is 0 Å². The first-order valence-electron chi connectivity index (χ1n) is 4.55. The Morgan fingerprint density at radius 3 is 2.40 bits per heavy atom. The van der Waals surface area contributed by atoms with Crippen LogP contribution in [-0.4, -0.2) is 36.5 Å². The summed E-state index contributed by atoms with van der Waals surface area (Å²) in [5, 5.41) is 10.1. The van der Waals surface area contributed by atoms with Gasteiger partial charge in [-0.25, -0.2) is 4.39 Å². The Kier molecular flexibility index (Phi) is 10.5. The van der Waals surface area contributed by atoms with Gasteiger partial charge in [-0.2, -0.15) is 0 Å². The maximum Gasteiger partial charge on any atom is 1.00 e. The third-order valence-corrected chi connectivity index (χ3v) is 1.79. The van der Waals surface area contributed by atoms with E-state index in [1.54, 1.807) is 0 Å². The number of halogens is 1. The SMILES string of the molecule is CCCC(F)CC(=O)N(C)CC(=O)[O-].[Na+]. The quantitative estimate of drug-likeness (QED) is 0.447. The number of hydrogen-bond donors (Lipinski definition) is 0. The molecule has 0 aromatic carbocycles. The van der Waals surface area contributed by atoms with E-state index in [0.717, 1.165) is 4.90 Å². The molecule has 1 atom stereocenters. The van der Waals surface area contributed by atoms with Crippen molar-refractivity contribution in [2.75, 3.05) is 13.6 Å². The molecule has 82 valence electrons. The molecule has 0 aromatic heterocycles. The zero-order valence-corrected chi connectivity index (χ0v) is 11.5. The zero-order valence-electron chi connectivity index (χ0n) is 9.46. The summed E-state index contributed by atoms with van der Waals surface area (Å²) in [5.74, 6) is -1.85. The van der Waals surface area contributed by atoms with Gasteiger partial charge in [0.25, 0.3) is 0 Å². The Morgan fingerprint density at radius 2 is 2.00 bits per heavy atom. The average molecular weight is 227 g/mol. The average Bonchev–Trinajstić information content (AvgIpc) is 2.02. The van der Waals surface area contributed by atoms with E-state index < -0.39 is 24.6 Å². The first-order valence-corrected chi connectivity index (χ1v) is 4.55. The summed E-state index contributed by atoms with van der Waals surface area (Å²) < 4.78 is 12.9. The van der Waals surface area contributed by atoms with Crippen molar-refractivity contribution in [2.24, 2.45) is 0 Å². The monoisotopic (exact) mass is 227 g/mol. The largest absolute Gasteiger partial charge is 1.00 e. The number of amides is 1. The molecule has 0 aliphatic rings. The van der Waals surface area contributed by atoms with Crippen LogP contribution in [0.3, 0.4) is 0 Å². The minimum atomic E-state index is -1.34. The van der Waals surface area contributed by atoms with Crippen LogP contribution in [0, 0.1) is 0 Å². The van der Waals surface area contributed by atoms with Crippen LogP contribution in [0.15, 0.2) is 0 Å². The minimum absolute atomic E-state index is 0. The number of carboxylic acids is 1. The number of hydrogen-bond acceptors (Lipinski definition) is 3. The molecule has 0 heterocycles. The molecule has 0 rings (SSSR count). The molecule has 1 amide bonds. The smallest absolute Gasteiger partial charge is 0.548 e. The van der Waals surface area contributed by atoms with Gasteiger partial charge in [0.1, 0.15) is 6.17 Å². The molecule has 0 bridgehead atoms. The van der Waals surface area contributed by atoms with Crippen LogP contribution in [0.25, 0.3) is 0 Å². The topological polar surface area (TPSA) is 60.4 Å². The fourth-order valence-electron chi connectivity index (χ4n) is 1.04. The predicted octanol–water partition coefficient (Wildman–Crippen LogP) is -3.27. The first kappa shape index (κ1) is 17.3. The molecule has 6 heteroatoms. The van der Waals surface area contributed by atoms with E-state index in [1.807, 2.05) is 6.92 Å².